The van der Waals surface area contributed by atoms with Crippen molar-refractivity contribution in [3.05, 3.63) is 65.6 Å². The number of hydrogen-bond acceptors (Lipinski definition) is 9. The molecule has 1 fully saturated rings. The summed E-state index contributed by atoms with van der Waals surface area (Å²) < 4.78 is 31.2. The van der Waals surface area contributed by atoms with Crippen LogP contribution in [0, 0.1) is 18.8 Å². The van der Waals surface area contributed by atoms with Crippen LogP contribution in [-0.4, -0.2) is 55.6 Å². The molecule has 0 aliphatic heterocycles. The lowest BCUT2D eigenvalue weighted by atomic mass is 9.73. The van der Waals surface area contributed by atoms with Crippen molar-refractivity contribution in [3.8, 4) is 11.3 Å². The van der Waals surface area contributed by atoms with Crippen LogP contribution in [0.2, 0.25) is 0 Å². The monoisotopic (exact) mass is 556 g/mol. The number of aliphatic hydroxyl groups is 3. The summed E-state index contributed by atoms with van der Waals surface area (Å²) in [4.78, 5) is 25.5. The largest absolute Gasteiger partial charge is 0.463 e. The van der Waals surface area contributed by atoms with E-state index in [9.17, 15) is 23.8 Å². The van der Waals surface area contributed by atoms with Crippen molar-refractivity contribution in [1.29, 1.82) is 0 Å². The third-order valence-corrected chi connectivity index (χ3v) is 7.32. The second kappa shape index (κ2) is 12.8. The molecule has 3 aromatic heterocycles. The molecule has 4 rings (SSSR count). The molecule has 1 saturated carbocycles. The van der Waals surface area contributed by atoms with Gasteiger partial charge in [0.1, 0.15) is 29.9 Å². The maximum Gasteiger partial charge on any atom is 0.309 e. The molecule has 40 heavy (non-hydrogen) atoms. The molecule has 0 amide bonds. The van der Waals surface area contributed by atoms with Crippen LogP contribution in [0.3, 0.4) is 0 Å². The van der Waals surface area contributed by atoms with Gasteiger partial charge in [0.2, 0.25) is 0 Å². The van der Waals surface area contributed by atoms with Gasteiger partial charge in [0.05, 0.1) is 23.9 Å². The second-order valence-corrected chi connectivity index (χ2v) is 10.4. The van der Waals surface area contributed by atoms with Crippen LogP contribution in [0.25, 0.3) is 11.3 Å². The van der Waals surface area contributed by atoms with Gasteiger partial charge in [0, 0.05) is 23.5 Å². The highest BCUT2D eigenvalue weighted by atomic mass is 19.3. The summed E-state index contributed by atoms with van der Waals surface area (Å²) in [6, 6.07) is 9.80. The topological polar surface area (TPSA) is 138 Å². The minimum atomic E-state index is -2.60. The molecule has 4 N–H and O–H groups in total. The summed E-state index contributed by atoms with van der Waals surface area (Å²) in [5, 5.41) is 32.6. The average molecular weight is 557 g/mol. The Morgan fingerprint density at radius 1 is 1.12 bits per heavy atom. The fourth-order valence-corrected chi connectivity index (χ4v) is 4.96. The van der Waals surface area contributed by atoms with Crippen LogP contribution in [0.15, 0.2) is 48.8 Å². The van der Waals surface area contributed by atoms with E-state index in [-0.39, 0.29) is 29.8 Å². The number of halogens is 2. The van der Waals surface area contributed by atoms with E-state index in [0.717, 1.165) is 11.1 Å². The molecular weight excluding hydrogens is 522 g/mol. The number of ether oxygens (including phenoxy) is 1. The normalized spacial score (nSPS) is 19.6. The van der Waals surface area contributed by atoms with Gasteiger partial charge in [0.25, 0.3) is 6.43 Å². The average Bonchev–Trinajstić information content (AvgIpc) is 2.95. The highest BCUT2D eigenvalue weighted by Crippen LogP contribution is 2.41. The number of nitrogens with zero attached hydrogens (tertiary/aromatic N) is 3. The zero-order valence-corrected chi connectivity index (χ0v) is 22.4. The number of pyridine rings is 3. The SMILES string of the molecule is Cc1cc(Nc2cc(C(F)F)ccn2)nc(-c2ccc([C@](C)(O)C3CCC(C(=O)OC[C@@H](O)CO)CC3)nc2)c1. The van der Waals surface area contributed by atoms with E-state index in [1.54, 1.807) is 25.3 Å². The molecular formula is C29H34F2N4O5. The number of aliphatic hydroxyl groups excluding tert-OH is 2. The Labute approximate surface area is 231 Å². The number of aromatic nitrogens is 3. The summed E-state index contributed by atoms with van der Waals surface area (Å²) in [5.41, 5.74) is 1.40. The lowest BCUT2D eigenvalue weighted by Crippen LogP contribution is -2.37. The Balaban J connectivity index is 1.42. The molecule has 0 unspecified atom stereocenters. The van der Waals surface area contributed by atoms with E-state index in [1.807, 2.05) is 19.1 Å². The predicted molar refractivity (Wildman–Crippen MR) is 144 cm³/mol. The molecule has 0 bridgehead atoms. The minimum absolute atomic E-state index is 0.109. The first-order valence-electron chi connectivity index (χ1n) is 13.2. The van der Waals surface area contributed by atoms with Crippen LogP contribution >= 0.6 is 0 Å². The number of nitrogens with one attached hydrogen (secondary N) is 1. The Morgan fingerprint density at radius 2 is 1.88 bits per heavy atom. The number of esters is 1. The zero-order valence-electron chi connectivity index (χ0n) is 22.4. The lowest BCUT2D eigenvalue weighted by Gasteiger charge is -2.37. The molecule has 0 radical (unpaired) electrons. The molecule has 1 aliphatic carbocycles. The number of alkyl halides is 2. The van der Waals surface area contributed by atoms with Gasteiger partial charge < -0.3 is 25.4 Å². The van der Waals surface area contributed by atoms with Gasteiger partial charge in [-0.3, -0.25) is 9.78 Å². The van der Waals surface area contributed by atoms with E-state index in [2.05, 4.69) is 20.3 Å². The van der Waals surface area contributed by atoms with E-state index < -0.39 is 30.7 Å². The summed E-state index contributed by atoms with van der Waals surface area (Å²) in [7, 11) is 0. The van der Waals surface area contributed by atoms with Crippen molar-refractivity contribution < 1.29 is 33.6 Å². The van der Waals surface area contributed by atoms with Gasteiger partial charge in [-0.05, 0) is 87.4 Å². The number of aryl methyl sites for hydroxylation is 1. The molecule has 0 spiro atoms. The van der Waals surface area contributed by atoms with Crippen molar-refractivity contribution in [1.82, 2.24) is 15.0 Å². The zero-order chi connectivity index (χ0) is 28.9. The lowest BCUT2D eigenvalue weighted by molar-refractivity contribution is -0.154. The fourth-order valence-electron chi connectivity index (χ4n) is 4.96. The molecule has 0 saturated heterocycles. The maximum atomic E-state index is 13.1. The van der Waals surface area contributed by atoms with Gasteiger partial charge in [0.15, 0.2) is 0 Å². The Hall–Kier alpha value is -3.54. The molecule has 9 nitrogen and oxygen atoms in total. The molecule has 0 aromatic carbocycles. The first kappa shape index (κ1) is 29.4. The van der Waals surface area contributed by atoms with Crippen molar-refractivity contribution in [3.63, 3.8) is 0 Å². The van der Waals surface area contributed by atoms with Gasteiger partial charge in [-0.1, -0.05) is 0 Å². The number of hydrogen-bond donors (Lipinski definition) is 4. The van der Waals surface area contributed by atoms with Crippen LogP contribution in [0.5, 0.6) is 0 Å². The maximum absolute atomic E-state index is 13.1. The highest BCUT2D eigenvalue weighted by molar-refractivity contribution is 5.72. The third kappa shape index (κ3) is 7.15. The van der Waals surface area contributed by atoms with Gasteiger partial charge in [-0.2, -0.15) is 0 Å². The second-order valence-electron chi connectivity index (χ2n) is 10.4. The first-order chi connectivity index (χ1) is 19.1. The Morgan fingerprint density at radius 3 is 2.52 bits per heavy atom. The van der Waals surface area contributed by atoms with Crippen molar-refractivity contribution >= 4 is 17.6 Å². The van der Waals surface area contributed by atoms with Gasteiger partial charge in [-0.15, -0.1) is 0 Å². The summed E-state index contributed by atoms with van der Waals surface area (Å²) in [6.07, 6.45) is 1.57. The molecule has 11 heteroatoms. The molecule has 3 aromatic rings. The third-order valence-electron chi connectivity index (χ3n) is 7.32. The van der Waals surface area contributed by atoms with Crippen molar-refractivity contribution in [2.75, 3.05) is 18.5 Å². The van der Waals surface area contributed by atoms with Crippen LogP contribution in [0.4, 0.5) is 20.4 Å². The smallest absolute Gasteiger partial charge is 0.309 e. The molecule has 2 atom stereocenters. The summed E-state index contributed by atoms with van der Waals surface area (Å²) >= 11 is 0. The van der Waals surface area contributed by atoms with Gasteiger partial charge >= 0.3 is 5.97 Å². The quantitative estimate of drug-likeness (QED) is 0.267. The van der Waals surface area contributed by atoms with E-state index >= 15 is 0 Å². The van der Waals surface area contributed by atoms with Gasteiger partial charge in [-0.25, -0.2) is 18.7 Å². The van der Waals surface area contributed by atoms with E-state index in [0.29, 0.717) is 42.9 Å². The summed E-state index contributed by atoms with van der Waals surface area (Å²) in [5.74, 6) is -0.104. The summed E-state index contributed by atoms with van der Waals surface area (Å²) in [6.45, 7) is 2.91. The van der Waals surface area contributed by atoms with Crippen LogP contribution < -0.4 is 5.32 Å². The van der Waals surface area contributed by atoms with E-state index in [4.69, 9.17) is 9.84 Å². The number of anilines is 2. The highest BCUT2D eigenvalue weighted by Gasteiger charge is 2.39. The van der Waals surface area contributed by atoms with Crippen LogP contribution in [-0.2, 0) is 15.1 Å². The minimum Gasteiger partial charge on any atom is -0.463 e. The number of carbonyl (C=O) groups excluding carboxylic acids is 1. The van der Waals surface area contributed by atoms with Crippen LogP contribution in [0.1, 0.15) is 55.9 Å². The molecule has 1 aliphatic rings. The number of carbonyl (C=O) groups is 1. The Kier molecular flexibility index (Phi) is 9.39. The molecule has 214 valence electrons. The standard InChI is InChI=1S/C29H34F2N4O5/c1-17-11-23(34-26(12-17)35-25-13-19(27(30)31)9-10-32-25)20-5-8-24(33-14-20)29(2,39)21-6-3-18(4-7-21)28(38)40-16-22(37)15-36/h5,8-14,18,21-22,27,36-37,39H,3-4,6-7,15-16H2,1-2H3,(H,32,34,35)/t18?,21?,22-,29+/m0/s1. The van der Waals surface area contributed by atoms with E-state index in [1.165, 1.54) is 18.3 Å². The predicted octanol–water partition coefficient (Wildman–Crippen LogP) is 4.44. The fraction of sp³-hybridized carbons (Fsp3) is 0.448. The van der Waals surface area contributed by atoms with Crippen molar-refractivity contribution in [2.45, 2.75) is 57.7 Å². The molecule has 3 heterocycles. The number of rotatable bonds is 10. The first-order valence-corrected chi connectivity index (χ1v) is 13.2. The van der Waals surface area contributed by atoms with Crippen molar-refractivity contribution in [2.24, 2.45) is 11.8 Å². The Bertz CT molecular complexity index is 1300.